The number of nitro groups is 1. The summed E-state index contributed by atoms with van der Waals surface area (Å²) in [5.74, 6) is 0.438. The molecule has 2 saturated heterocycles. The molecule has 7 heteroatoms. The van der Waals surface area contributed by atoms with Crippen LogP contribution in [0.1, 0.15) is 25.7 Å². The molecule has 2 unspecified atom stereocenters. The second kappa shape index (κ2) is 4.72. The summed E-state index contributed by atoms with van der Waals surface area (Å²) < 4.78 is 0.604. The van der Waals surface area contributed by atoms with Crippen molar-refractivity contribution in [1.29, 1.82) is 0 Å². The fraction of sp³-hybridized carbons (Fsp3) is 0.583. The monoisotopic (exact) mass is 327 g/mol. The fourth-order valence-corrected chi connectivity index (χ4v) is 3.57. The zero-order chi connectivity index (χ0) is 13.6. The van der Waals surface area contributed by atoms with Gasteiger partial charge in [-0.1, -0.05) is 0 Å². The number of hydrogen-bond acceptors (Lipinski definition) is 5. The minimum atomic E-state index is -0.391. The van der Waals surface area contributed by atoms with Crippen LogP contribution in [0.3, 0.4) is 0 Å². The number of aliphatic hydroxyl groups is 1. The summed E-state index contributed by atoms with van der Waals surface area (Å²) >= 11 is 3.22. The third-order valence-corrected chi connectivity index (χ3v) is 4.40. The van der Waals surface area contributed by atoms with Crippen molar-refractivity contribution >= 4 is 27.4 Å². The largest absolute Gasteiger partial charge is 0.393 e. The summed E-state index contributed by atoms with van der Waals surface area (Å²) in [5.41, 5.74) is 0.0302. The molecule has 6 nitrogen and oxygen atoms in total. The summed E-state index contributed by atoms with van der Waals surface area (Å²) in [5, 5.41) is 21.0. The standard InChI is InChI=1S/C12H14BrN3O3/c13-7-3-11(16(18)19)12(14-6-7)15-8-1-2-9(15)5-10(17)4-8/h3,6,8-10,17H,1-2,4-5H2. The lowest BCUT2D eigenvalue weighted by molar-refractivity contribution is -0.384. The van der Waals surface area contributed by atoms with Crippen LogP contribution in [0.2, 0.25) is 0 Å². The van der Waals surface area contributed by atoms with Gasteiger partial charge in [0.25, 0.3) is 0 Å². The van der Waals surface area contributed by atoms with E-state index in [1.54, 1.807) is 6.20 Å². The first-order valence-electron chi connectivity index (χ1n) is 6.32. The van der Waals surface area contributed by atoms with Crippen LogP contribution in [0, 0.1) is 10.1 Å². The van der Waals surface area contributed by atoms with Crippen molar-refractivity contribution in [3.8, 4) is 0 Å². The molecule has 0 spiro atoms. The van der Waals surface area contributed by atoms with Gasteiger partial charge in [-0.25, -0.2) is 4.98 Å². The molecule has 0 saturated carbocycles. The van der Waals surface area contributed by atoms with Crippen LogP contribution in [0.25, 0.3) is 0 Å². The Balaban J connectivity index is 2.01. The molecular formula is C12H14BrN3O3. The van der Waals surface area contributed by atoms with Crippen molar-refractivity contribution in [3.05, 3.63) is 26.9 Å². The van der Waals surface area contributed by atoms with Crippen molar-refractivity contribution < 1.29 is 10.0 Å². The van der Waals surface area contributed by atoms with Gasteiger partial charge in [-0.2, -0.15) is 0 Å². The van der Waals surface area contributed by atoms with Crippen LogP contribution in [0.4, 0.5) is 11.5 Å². The Morgan fingerprint density at radius 3 is 2.63 bits per heavy atom. The molecule has 2 aliphatic rings. The van der Waals surface area contributed by atoms with Gasteiger partial charge in [0.2, 0.25) is 5.82 Å². The summed E-state index contributed by atoms with van der Waals surface area (Å²) in [6, 6.07) is 1.83. The maximum Gasteiger partial charge on any atom is 0.312 e. The van der Waals surface area contributed by atoms with E-state index in [1.807, 2.05) is 4.90 Å². The Kier molecular flexibility index (Phi) is 3.18. The lowest BCUT2D eigenvalue weighted by Crippen LogP contribution is -2.45. The van der Waals surface area contributed by atoms with E-state index in [-0.39, 0.29) is 23.9 Å². The SMILES string of the molecule is O=[N+]([O-])c1cc(Br)cnc1N1C2CCC1CC(O)C2. The molecule has 3 heterocycles. The number of anilines is 1. The van der Waals surface area contributed by atoms with E-state index in [0.717, 1.165) is 12.8 Å². The molecule has 1 aromatic rings. The van der Waals surface area contributed by atoms with E-state index >= 15 is 0 Å². The topological polar surface area (TPSA) is 79.5 Å². The molecule has 0 amide bonds. The highest BCUT2D eigenvalue weighted by Gasteiger charge is 2.43. The first-order valence-corrected chi connectivity index (χ1v) is 7.12. The number of rotatable bonds is 2. The fourth-order valence-electron chi connectivity index (χ4n) is 3.25. The van der Waals surface area contributed by atoms with Crippen molar-refractivity contribution in [3.63, 3.8) is 0 Å². The Labute approximate surface area is 118 Å². The first kappa shape index (κ1) is 12.8. The highest BCUT2D eigenvalue weighted by atomic mass is 79.9. The highest BCUT2D eigenvalue weighted by Crippen LogP contribution is 2.42. The minimum absolute atomic E-state index is 0.0302. The summed E-state index contributed by atoms with van der Waals surface area (Å²) in [6.07, 6.45) is 4.58. The van der Waals surface area contributed by atoms with E-state index in [1.165, 1.54) is 6.07 Å². The number of fused-ring (bicyclic) bond motifs is 2. The number of pyridine rings is 1. The molecule has 0 aliphatic carbocycles. The van der Waals surface area contributed by atoms with Crippen molar-refractivity contribution in [2.24, 2.45) is 0 Å². The number of piperidine rings is 1. The van der Waals surface area contributed by atoms with Gasteiger partial charge in [0.15, 0.2) is 0 Å². The Bertz CT molecular complexity index is 511. The molecule has 2 fully saturated rings. The molecule has 3 rings (SSSR count). The predicted octanol–water partition coefficient (Wildman–Crippen LogP) is 2.24. The number of hydrogen-bond donors (Lipinski definition) is 1. The summed E-state index contributed by atoms with van der Waals surface area (Å²) in [7, 11) is 0. The van der Waals surface area contributed by atoms with Crippen molar-refractivity contribution in [2.75, 3.05) is 4.90 Å². The van der Waals surface area contributed by atoms with Gasteiger partial charge < -0.3 is 10.0 Å². The van der Waals surface area contributed by atoms with Gasteiger partial charge >= 0.3 is 5.69 Å². The molecule has 19 heavy (non-hydrogen) atoms. The smallest absolute Gasteiger partial charge is 0.312 e. The molecule has 2 bridgehead atoms. The first-order chi connectivity index (χ1) is 9.06. The van der Waals surface area contributed by atoms with E-state index < -0.39 is 4.92 Å². The van der Waals surface area contributed by atoms with Gasteiger partial charge in [-0.15, -0.1) is 0 Å². The molecule has 102 valence electrons. The maximum atomic E-state index is 11.2. The quantitative estimate of drug-likeness (QED) is 0.665. The highest BCUT2D eigenvalue weighted by molar-refractivity contribution is 9.10. The van der Waals surface area contributed by atoms with Gasteiger partial charge in [-0.05, 0) is 41.6 Å². The van der Waals surface area contributed by atoms with Crippen molar-refractivity contribution in [1.82, 2.24) is 4.98 Å². The second-order valence-corrected chi connectivity index (χ2v) is 6.09. The van der Waals surface area contributed by atoms with E-state index in [4.69, 9.17) is 0 Å². The molecule has 0 aromatic carbocycles. The molecule has 2 atom stereocenters. The van der Waals surface area contributed by atoms with Crippen LogP contribution in [0.5, 0.6) is 0 Å². The molecular weight excluding hydrogens is 314 g/mol. The zero-order valence-corrected chi connectivity index (χ0v) is 11.8. The predicted molar refractivity (Wildman–Crippen MR) is 73.1 cm³/mol. The average molecular weight is 328 g/mol. The normalized spacial score (nSPS) is 29.6. The Morgan fingerprint density at radius 2 is 2.05 bits per heavy atom. The maximum absolute atomic E-state index is 11.2. The van der Waals surface area contributed by atoms with Gasteiger partial charge in [-0.3, -0.25) is 10.1 Å². The lowest BCUT2D eigenvalue weighted by Gasteiger charge is -2.37. The van der Waals surface area contributed by atoms with Crippen LogP contribution < -0.4 is 4.90 Å². The number of nitrogens with zero attached hydrogens (tertiary/aromatic N) is 3. The zero-order valence-electron chi connectivity index (χ0n) is 10.2. The third-order valence-electron chi connectivity index (χ3n) is 3.96. The van der Waals surface area contributed by atoms with Gasteiger partial charge in [0, 0.05) is 28.8 Å². The Hall–Kier alpha value is -1.21. The molecule has 2 aliphatic heterocycles. The lowest BCUT2D eigenvalue weighted by atomic mass is 10.00. The van der Waals surface area contributed by atoms with Gasteiger partial charge in [0.05, 0.1) is 11.0 Å². The van der Waals surface area contributed by atoms with Gasteiger partial charge in [0.1, 0.15) is 0 Å². The van der Waals surface area contributed by atoms with Crippen molar-refractivity contribution in [2.45, 2.75) is 43.9 Å². The average Bonchev–Trinajstić information content (AvgIpc) is 2.62. The van der Waals surface area contributed by atoms with E-state index in [2.05, 4.69) is 20.9 Å². The summed E-state index contributed by atoms with van der Waals surface area (Å²) in [6.45, 7) is 0. The second-order valence-electron chi connectivity index (χ2n) is 5.17. The van der Waals surface area contributed by atoms with Crippen LogP contribution in [0.15, 0.2) is 16.7 Å². The van der Waals surface area contributed by atoms with E-state index in [0.29, 0.717) is 23.1 Å². The number of halogens is 1. The third kappa shape index (κ3) is 2.21. The molecule has 0 radical (unpaired) electrons. The summed E-state index contributed by atoms with van der Waals surface area (Å²) in [4.78, 5) is 17.1. The molecule has 1 aromatic heterocycles. The van der Waals surface area contributed by atoms with Crippen LogP contribution >= 0.6 is 15.9 Å². The minimum Gasteiger partial charge on any atom is -0.393 e. The number of aliphatic hydroxyl groups excluding tert-OH is 1. The van der Waals surface area contributed by atoms with Crippen LogP contribution in [-0.4, -0.2) is 33.2 Å². The molecule has 1 N–H and O–H groups in total. The van der Waals surface area contributed by atoms with E-state index in [9.17, 15) is 15.2 Å². The Morgan fingerprint density at radius 1 is 1.42 bits per heavy atom. The van der Waals surface area contributed by atoms with Crippen LogP contribution in [-0.2, 0) is 0 Å². The number of aromatic nitrogens is 1.